The molecule has 2 aromatic rings. The number of halogens is 1. The predicted octanol–water partition coefficient (Wildman–Crippen LogP) is 2.24. The first kappa shape index (κ1) is 17.1. The van der Waals surface area contributed by atoms with E-state index >= 15 is 0 Å². The second-order valence-electron chi connectivity index (χ2n) is 5.53. The van der Waals surface area contributed by atoms with Crippen molar-refractivity contribution in [3.8, 4) is 5.69 Å². The maximum atomic E-state index is 13.1. The molecule has 2 N–H and O–H groups in total. The Hall–Kier alpha value is -2.21. The summed E-state index contributed by atoms with van der Waals surface area (Å²) in [6.07, 6.45) is 0. The largest absolute Gasteiger partial charge is 0.355 e. The monoisotopic (exact) mass is 318 g/mol. The molecule has 1 atom stereocenters. The smallest absolute Gasteiger partial charge is 0.236 e. The van der Waals surface area contributed by atoms with Gasteiger partial charge in [0.15, 0.2) is 0 Å². The van der Waals surface area contributed by atoms with Gasteiger partial charge in [0.05, 0.1) is 17.4 Å². The minimum Gasteiger partial charge on any atom is -0.355 e. The number of hydrogen-bond acceptors (Lipinski definition) is 3. The normalized spacial score (nSPS) is 12.2. The number of benzene rings is 1. The van der Waals surface area contributed by atoms with Gasteiger partial charge in [0, 0.05) is 24.3 Å². The SMILES string of the molecule is CCNC(=O)C(C)NCc1c(C)nn(-c2ccc(F)cc2)c1C. The van der Waals surface area contributed by atoms with Gasteiger partial charge in [-0.25, -0.2) is 9.07 Å². The Morgan fingerprint density at radius 1 is 1.30 bits per heavy atom. The van der Waals surface area contributed by atoms with Crippen molar-refractivity contribution >= 4 is 5.91 Å². The van der Waals surface area contributed by atoms with Gasteiger partial charge in [0.1, 0.15) is 5.82 Å². The lowest BCUT2D eigenvalue weighted by Gasteiger charge is -2.13. The number of hydrogen-bond donors (Lipinski definition) is 2. The first-order valence-electron chi connectivity index (χ1n) is 7.76. The zero-order chi connectivity index (χ0) is 17.0. The average Bonchev–Trinajstić information content (AvgIpc) is 2.80. The van der Waals surface area contributed by atoms with Crippen LogP contribution in [0.5, 0.6) is 0 Å². The van der Waals surface area contributed by atoms with Gasteiger partial charge in [-0.05, 0) is 52.0 Å². The van der Waals surface area contributed by atoms with Crippen molar-refractivity contribution in [2.75, 3.05) is 6.54 Å². The molecule has 6 heteroatoms. The Morgan fingerprint density at radius 2 is 1.96 bits per heavy atom. The zero-order valence-corrected chi connectivity index (χ0v) is 14.0. The van der Waals surface area contributed by atoms with Gasteiger partial charge >= 0.3 is 0 Å². The zero-order valence-electron chi connectivity index (χ0n) is 14.0. The summed E-state index contributed by atoms with van der Waals surface area (Å²) in [5, 5.41) is 10.5. The molecule has 0 aliphatic rings. The van der Waals surface area contributed by atoms with Gasteiger partial charge in [0.2, 0.25) is 5.91 Å². The molecule has 1 unspecified atom stereocenters. The minimum atomic E-state index is -0.275. The minimum absolute atomic E-state index is 0.0197. The maximum absolute atomic E-state index is 13.1. The molecule has 5 nitrogen and oxygen atoms in total. The first-order chi connectivity index (χ1) is 10.9. The third-order valence-corrected chi connectivity index (χ3v) is 3.84. The molecule has 1 amide bonds. The molecule has 124 valence electrons. The molecule has 23 heavy (non-hydrogen) atoms. The Morgan fingerprint density at radius 3 is 2.57 bits per heavy atom. The summed E-state index contributed by atoms with van der Waals surface area (Å²) in [7, 11) is 0. The molecule has 0 fully saturated rings. The Kier molecular flexibility index (Phi) is 5.50. The van der Waals surface area contributed by atoms with Crippen LogP contribution in [-0.4, -0.2) is 28.3 Å². The summed E-state index contributed by atoms with van der Waals surface area (Å²) in [4.78, 5) is 11.8. The molecule has 1 aromatic heterocycles. The van der Waals surface area contributed by atoms with Gasteiger partial charge in [-0.2, -0.15) is 5.10 Å². The number of amides is 1. The fourth-order valence-electron chi connectivity index (χ4n) is 2.44. The lowest BCUT2D eigenvalue weighted by Crippen LogP contribution is -2.41. The lowest BCUT2D eigenvalue weighted by molar-refractivity contribution is -0.122. The van der Waals surface area contributed by atoms with E-state index in [0.717, 1.165) is 22.6 Å². The van der Waals surface area contributed by atoms with Crippen LogP contribution in [-0.2, 0) is 11.3 Å². The maximum Gasteiger partial charge on any atom is 0.236 e. The van der Waals surface area contributed by atoms with E-state index in [1.165, 1.54) is 12.1 Å². The summed E-state index contributed by atoms with van der Waals surface area (Å²) >= 11 is 0. The highest BCUT2D eigenvalue weighted by Gasteiger charge is 2.16. The lowest BCUT2D eigenvalue weighted by atomic mass is 10.2. The van der Waals surface area contributed by atoms with Crippen LogP contribution in [0.2, 0.25) is 0 Å². The average molecular weight is 318 g/mol. The number of nitrogens with one attached hydrogen (secondary N) is 2. The van der Waals surface area contributed by atoms with Gasteiger partial charge in [-0.1, -0.05) is 0 Å². The molecule has 1 aromatic carbocycles. The van der Waals surface area contributed by atoms with E-state index in [-0.39, 0.29) is 17.8 Å². The first-order valence-corrected chi connectivity index (χ1v) is 7.76. The number of aryl methyl sites for hydroxylation is 1. The van der Waals surface area contributed by atoms with E-state index in [0.29, 0.717) is 13.1 Å². The molecule has 0 bridgehead atoms. The summed E-state index contributed by atoms with van der Waals surface area (Å²) in [5.74, 6) is -0.290. The van der Waals surface area contributed by atoms with Crippen molar-refractivity contribution in [3.63, 3.8) is 0 Å². The molecule has 0 aliphatic heterocycles. The molecule has 0 saturated heterocycles. The molecule has 0 spiro atoms. The molecule has 0 radical (unpaired) electrons. The Balaban J connectivity index is 2.15. The van der Waals surface area contributed by atoms with E-state index in [1.807, 2.05) is 27.7 Å². The van der Waals surface area contributed by atoms with E-state index in [1.54, 1.807) is 16.8 Å². The third-order valence-electron chi connectivity index (χ3n) is 3.84. The van der Waals surface area contributed by atoms with Crippen LogP contribution in [0, 0.1) is 19.7 Å². The molecule has 2 rings (SSSR count). The van der Waals surface area contributed by atoms with Crippen molar-refractivity contribution in [2.24, 2.45) is 0 Å². The van der Waals surface area contributed by atoms with E-state index in [4.69, 9.17) is 0 Å². The van der Waals surface area contributed by atoms with Crippen LogP contribution in [0.1, 0.15) is 30.8 Å². The van der Waals surface area contributed by atoms with Crippen molar-refractivity contribution in [3.05, 3.63) is 47.0 Å². The molecule has 1 heterocycles. The highest BCUT2D eigenvalue weighted by molar-refractivity contribution is 5.81. The number of nitrogens with zero attached hydrogens (tertiary/aromatic N) is 2. The van der Waals surface area contributed by atoms with Gasteiger partial charge in [-0.15, -0.1) is 0 Å². The second kappa shape index (κ2) is 7.37. The van der Waals surface area contributed by atoms with Crippen LogP contribution < -0.4 is 10.6 Å². The number of likely N-dealkylation sites (N-methyl/N-ethyl adjacent to an activating group) is 1. The van der Waals surface area contributed by atoms with Crippen molar-refractivity contribution < 1.29 is 9.18 Å². The second-order valence-corrected chi connectivity index (χ2v) is 5.53. The van der Waals surface area contributed by atoms with Crippen molar-refractivity contribution in [2.45, 2.75) is 40.3 Å². The number of aromatic nitrogens is 2. The topological polar surface area (TPSA) is 59.0 Å². The predicted molar refractivity (Wildman–Crippen MR) is 88.0 cm³/mol. The molecular weight excluding hydrogens is 295 g/mol. The van der Waals surface area contributed by atoms with E-state index < -0.39 is 0 Å². The summed E-state index contributed by atoms with van der Waals surface area (Å²) < 4.78 is 14.9. The summed E-state index contributed by atoms with van der Waals surface area (Å²) in [6.45, 7) is 8.80. The van der Waals surface area contributed by atoms with Crippen LogP contribution in [0.15, 0.2) is 24.3 Å². The molecule has 0 saturated carbocycles. The highest BCUT2D eigenvalue weighted by Crippen LogP contribution is 2.18. The van der Waals surface area contributed by atoms with Crippen LogP contribution >= 0.6 is 0 Å². The summed E-state index contributed by atoms with van der Waals surface area (Å²) in [6, 6.07) is 5.96. The van der Waals surface area contributed by atoms with E-state index in [9.17, 15) is 9.18 Å². The van der Waals surface area contributed by atoms with E-state index in [2.05, 4.69) is 15.7 Å². The quantitative estimate of drug-likeness (QED) is 0.859. The molecular formula is C17H23FN4O. The Labute approximate surface area is 135 Å². The number of carbonyl (C=O) groups is 1. The van der Waals surface area contributed by atoms with Crippen LogP contribution in [0.4, 0.5) is 4.39 Å². The van der Waals surface area contributed by atoms with Crippen molar-refractivity contribution in [1.29, 1.82) is 0 Å². The fourth-order valence-corrected chi connectivity index (χ4v) is 2.44. The van der Waals surface area contributed by atoms with Gasteiger partial charge in [0.25, 0.3) is 0 Å². The van der Waals surface area contributed by atoms with Crippen LogP contribution in [0.3, 0.4) is 0 Å². The van der Waals surface area contributed by atoms with Crippen LogP contribution in [0.25, 0.3) is 5.69 Å². The number of carbonyl (C=O) groups excluding carboxylic acids is 1. The number of rotatable bonds is 6. The third kappa shape index (κ3) is 3.96. The van der Waals surface area contributed by atoms with Crippen molar-refractivity contribution in [1.82, 2.24) is 20.4 Å². The summed E-state index contributed by atoms with van der Waals surface area (Å²) in [5.41, 5.74) is 3.73. The van der Waals surface area contributed by atoms with Gasteiger partial charge < -0.3 is 10.6 Å². The molecule has 0 aliphatic carbocycles. The fraction of sp³-hybridized carbons (Fsp3) is 0.412. The van der Waals surface area contributed by atoms with Gasteiger partial charge in [-0.3, -0.25) is 4.79 Å². The Bertz CT molecular complexity index is 679. The standard InChI is InChI=1S/C17H23FN4O/c1-5-19-17(23)12(3)20-10-16-11(2)21-22(13(16)4)15-8-6-14(18)7-9-15/h6-9,12,20H,5,10H2,1-4H3,(H,19,23). The highest BCUT2D eigenvalue weighted by atomic mass is 19.1.